The van der Waals surface area contributed by atoms with E-state index in [0.29, 0.717) is 18.2 Å². The molecule has 0 spiro atoms. The summed E-state index contributed by atoms with van der Waals surface area (Å²) >= 11 is 0. The first kappa shape index (κ1) is 19.3. The number of nitrogens with zero attached hydrogens (tertiary/aromatic N) is 4. The summed E-state index contributed by atoms with van der Waals surface area (Å²) in [6.45, 7) is 4.40. The highest BCUT2D eigenvalue weighted by atomic mass is 19.1. The summed E-state index contributed by atoms with van der Waals surface area (Å²) < 4.78 is 18.9. The molecule has 158 valence electrons. The molecule has 6 nitrogen and oxygen atoms in total. The predicted octanol–water partition coefficient (Wildman–Crippen LogP) is 3.60. The van der Waals surface area contributed by atoms with Crippen LogP contribution in [0.4, 0.5) is 10.1 Å². The van der Waals surface area contributed by atoms with Crippen molar-refractivity contribution in [1.82, 2.24) is 14.9 Å². The largest absolute Gasteiger partial charge is 0.477 e. The molecular formula is C23H27FN4O2. The maximum Gasteiger partial charge on any atom is 0.275 e. The smallest absolute Gasteiger partial charge is 0.275 e. The minimum Gasteiger partial charge on any atom is -0.477 e. The number of rotatable bonds is 5. The topological polar surface area (TPSA) is 58.6 Å². The number of aryl methyl sites for hydroxylation is 1. The van der Waals surface area contributed by atoms with Crippen LogP contribution < -0.4 is 9.64 Å². The van der Waals surface area contributed by atoms with E-state index in [4.69, 9.17) is 4.74 Å². The van der Waals surface area contributed by atoms with Crippen LogP contribution in [0, 0.1) is 18.7 Å². The average molecular weight is 410 g/mol. The highest BCUT2D eigenvalue weighted by Crippen LogP contribution is 2.43. The number of amides is 1. The summed E-state index contributed by atoms with van der Waals surface area (Å²) in [4.78, 5) is 26.6. The number of carbonyl (C=O) groups is 1. The minimum absolute atomic E-state index is 0.0514. The number of aromatic nitrogens is 2. The average Bonchev–Trinajstić information content (AvgIpc) is 3.49. The molecule has 3 aliphatic heterocycles. The van der Waals surface area contributed by atoms with E-state index in [2.05, 4.69) is 25.8 Å². The Balaban J connectivity index is 1.33. The molecule has 0 aliphatic carbocycles. The molecule has 5 heterocycles. The molecule has 2 bridgehead atoms. The Bertz CT molecular complexity index is 929. The lowest BCUT2D eigenvalue weighted by Crippen LogP contribution is -2.39. The van der Waals surface area contributed by atoms with Crippen molar-refractivity contribution in [2.45, 2.75) is 51.1 Å². The number of halogens is 1. The first-order chi connectivity index (χ1) is 14.6. The van der Waals surface area contributed by atoms with Crippen molar-refractivity contribution in [3.8, 4) is 5.88 Å². The van der Waals surface area contributed by atoms with Crippen LogP contribution >= 0.6 is 0 Å². The summed E-state index contributed by atoms with van der Waals surface area (Å²) in [5, 5.41) is 0. The second kappa shape index (κ2) is 7.85. The van der Waals surface area contributed by atoms with Crippen LogP contribution in [-0.2, 0) is 0 Å². The van der Waals surface area contributed by atoms with Crippen molar-refractivity contribution >= 4 is 11.6 Å². The molecule has 0 N–H and O–H groups in total. The van der Waals surface area contributed by atoms with Crippen molar-refractivity contribution in [3.63, 3.8) is 0 Å². The quantitative estimate of drug-likeness (QED) is 0.754. The predicted molar refractivity (Wildman–Crippen MR) is 111 cm³/mol. The van der Waals surface area contributed by atoms with Gasteiger partial charge >= 0.3 is 0 Å². The van der Waals surface area contributed by atoms with Gasteiger partial charge in [0.15, 0.2) is 5.69 Å². The highest BCUT2D eigenvalue weighted by molar-refractivity contribution is 5.98. The molecule has 0 aromatic carbocycles. The third-order valence-electron chi connectivity index (χ3n) is 6.71. The zero-order valence-corrected chi connectivity index (χ0v) is 17.3. The maximum absolute atomic E-state index is 13.6. The Hall–Kier alpha value is -2.70. The van der Waals surface area contributed by atoms with Crippen LogP contribution in [0.5, 0.6) is 5.88 Å². The fourth-order valence-electron chi connectivity index (χ4n) is 5.29. The molecule has 0 saturated carbocycles. The molecule has 5 rings (SSSR count). The molecule has 2 aromatic rings. The standard InChI is InChI=1S/C23H27FN4O2/c1-15-4-7-20(27-10-2-3-11-27)22(26-15)23(29)28-18-6-8-19(28)16(12-18)14-30-21-9-5-17(24)13-25-21/h4-5,7,9,13,16,18-19H,2-3,6,8,10-12,14H2,1H3. The molecule has 3 saturated heterocycles. The first-order valence-corrected chi connectivity index (χ1v) is 10.9. The van der Waals surface area contributed by atoms with Crippen molar-refractivity contribution in [2.75, 3.05) is 24.6 Å². The van der Waals surface area contributed by atoms with E-state index in [0.717, 1.165) is 62.8 Å². The van der Waals surface area contributed by atoms with E-state index in [9.17, 15) is 9.18 Å². The second-order valence-electron chi connectivity index (χ2n) is 8.65. The third-order valence-corrected chi connectivity index (χ3v) is 6.71. The van der Waals surface area contributed by atoms with Crippen LogP contribution in [-0.4, -0.2) is 52.6 Å². The maximum atomic E-state index is 13.6. The molecule has 2 aromatic heterocycles. The van der Waals surface area contributed by atoms with E-state index in [1.54, 1.807) is 6.07 Å². The lowest BCUT2D eigenvalue weighted by molar-refractivity contribution is 0.0704. The first-order valence-electron chi connectivity index (χ1n) is 10.9. The van der Waals surface area contributed by atoms with E-state index in [1.807, 2.05) is 13.0 Å². The Morgan fingerprint density at radius 2 is 2.03 bits per heavy atom. The Kier molecular flexibility index (Phi) is 5.05. The van der Waals surface area contributed by atoms with Gasteiger partial charge in [0, 0.05) is 42.9 Å². The Labute approximate surface area is 176 Å². The number of hydrogen-bond acceptors (Lipinski definition) is 5. The number of hydrogen-bond donors (Lipinski definition) is 0. The zero-order valence-electron chi connectivity index (χ0n) is 17.3. The van der Waals surface area contributed by atoms with Crippen molar-refractivity contribution in [3.05, 3.63) is 47.7 Å². The second-order valence-corrected chi connectivity index (χ2v) is 8.65. The highest BCUT2D eigenvalue weighted by Gasteiger charge is 2.49. The van der Waals surface area contributed by atoms with Crippen LogP contribution in [0.2, 0.25) is 0 Å². The molecule has 30 heavy (non-hydrogen) atoms. The van der Waals surface area contributed by atoms with Crippen LogP contribution in [0.15, 0.2) is 30.5 Å². The monoisotopic (exact) mass is 410 g/mol. The van der Waals surface area contributed by atoms with Gasteiger partial charge in [-0.2, -0.15) is 0 Å². The van der Waals surface area contributed by atoms with Gasteiger partial charge in [0.1, 0.15) is 5.82 Å². The van der Waals surface area contributed by atoms with Gasteiger partial charge in [0.25, 0.3) is 5.91 Å². The summed E-state index contributed by atoms with van der Waals surface area (Å²) in [6, 6.07) is 7.35. The lowest BCUT2D eigenvalue weighted by Gasteiger charge is -2.27. The van der Waals surface area contributed by atoms with E-state index in [1.165, 1.54) is 6.07 Å². The van der Waals surface area contributed by atoms with Crippen molar-refractivity contribution in [1.29, 1.82) is 0 Å². The van der Waals surface area contributed by atoms with Crippen LogP contribution in [0.3, 0.4) is 0 Å². The summed E-state index contributed by atoms with van der Waals surface area (Å²) in [7, 11) is 0. The SMILES string of the molecule is Cc1ccc(N2CCCC2)c(C(=O)N2C3CCC2C(COc2ccc(F)cn2)C3)n1. The van der Waals surface area contributed by atoms with Gasteiger partial charge in [-0.3, -0.25) is 4.79 Å². The van der Waals surface area contributed by atoms with Crippen molar-refractivity contribution in [2.24, 2.45) is 5.92 Å². The van der Waals surface area contributed by atoms with Crippen molar-refractivity contribution < 1.29 is 13.9 Å². The molecular weight excluding hydrogens is 383 g/mol. The fraction of sp³-hybridized carbons (Fsp3) is 0.522. The van der Waals surface area contributed by atoms with Gasteiger partial charge in [0.05, 0.1) is 18.5 Å². The Morgan fingerprint density at radius 3 is 2.80 bits per heavy atom. The third kappa shape index (κ3) is 3.50. The molecule has 1 amide bonds. The zero-order chi connectivity index (χ0) is 20.7. The molecule has 3 fully saturated rings. The molecule has 7 heteroatoms. The van der Waals surface area contributed by atoms with Gasteiger partial charge in [-0.15, -0.1) is 0 Å². The minimum atomic E-state index is -0.376. The summed E-state index contributed by atoms with van der Waals surface area (Å²) in [5.41, 5.74) is 2.43. The Morgan fingerprint density at radius 1 is 1.20 bits per heavy atom. The summed E-state index contributed by atoms with van der Waals surface area (Å²) in [5.74, 6) is 0.363. The molecule has 0 radical (unpaired) electrons. The number of anilines is 1. The molecule has 3 unspecified atom stereocenters. The number of pyridine rings is 2. The number of ether oxygens (including phenoxy) is 1. The van der Waals surface area contributed by atoms with Gasteiger partial charge in [0.2, 0.25) is 5.88 Å². The number of carbonyl (C=O) groups excluding carboxylic acids is 1. The normalized spacial score (nSPS) is 25.2. The van der Waals surface area contributed by atoms with Gasteiger partial charge in [-0.1, -0.05) is 0 Å². The molecule has 3 aliphatic rings. The van der Waals surface area contributed by atoms with E-state index >= 15 is 0 Å². The van der Waals surface area contributed by atoms with Crippen LogP contribution in [0.1, 0.15) is 48.3 Å². The van der Waals surface area contributed by atoms with E-state index in [-0.39, 0.29) is 29.7 Å². The molecule has 3 atom stereocenters. The van der Waals surface area contributed by atoms with Crippen LogP contribution in [0.25, 0.3) is 0 Å². The number of fused-ring (bicyclic) bond motifs is 2. The van der Waals surface area contributed by atoms with Gasteiger partial charge in [-0.05, 0) is 57.2 Å². The lowest BCUT2D eigenvalue weighted by atomic mass is 9.90. The van der Waals surface area contributed by atoms with E-state index < -0.39 is 0 Å². The van der Waals surface area contributed by atoms with Gasteiger partial charge in [-0.25, -0.2) is 14.4 Å². The fourth-order valence-corrected chi connectivity index (χ4v) is 5.29. The van der Waals surface area contributed by atoms with Gasteiger partial charge < -0.3 is 14.5 Å². The summed E-state index contributed by atoms with van der Waals surface area (Å²) in [6.07, 6.45) is 6.44.